The van der Waals surface area contributed by atoms with Gasteiger partial charge >= 0.3 is 0 Å². The number of morpholine rings is 1. The van der Waals surface area contributed by atoms with Crippen LogP contribution in [0.4, 0.5) is 5.69 Å². The lowest BCUT2D eigenvalue weighted by molar-refractivity contribution is 0.0376. The molecule has 1 aromatic carbocycles. The van der Waals surface area contributed by atoms with Gasteiger partial charge in [0, 0.05) is 45.0 Å². The fraction of sp³-hybridized carbons (Fsp3) is 0.632. The molecule has 0 saturated carbocycles. The quantitative estimate of drug-likeness (QED) is 0.210. The second-order valence-corrected chi connectivity index (χ2v) is 6.14. The van der Waals surface area contributed by atoms with Gasteiger partial charge in [0.2, 0.25) is 0 Å². The second kappa shape index (κ2) is 15.0. The van der Waals surface area contributed by atoms with Gasteiger partial charge in [-0.2, -0.15) is 0 Å². The zero-order valence-corrected chi connectivity index (χ0v) is 18.2. The van der Waals surface area contributed by atoms with Crippen molar-refractivity contribution in [3.8, 4) is 0 Å². The summed E-state index contributed by atoms with van der Waals surface area (Å²) in [6, 6.07) is 10.3. The Labute approximate surface area is 175 Å². The van der Waals surface area contributed by atoms with Crippen molar-refractivity contribution in [3.05, 3.63) is 30.3 Å². The number of hydrogen-bond donors (Lipinski definition) is 3. The van der Waals surface area contributed by atoms with Crippen LogP contribution in [0.3, 0.4) is 0 Å². The van der Waals surface area contributed by atoms with Crippen LogP contribution in [0.1, 0.15) is 19.8 Å². The Morgan fingerprint density at radius 2 is 1.85 bits per heavy atom. The maximum Gasteiger partial charge on any atom is 0.191 e. The fourth-order valence-electron chi connectivity index (χ4n) is 2.73. The van der Waals surface area contributed by atoms with Crippen molar-refractivity contribution in [1.29, 1.82) is 0 Å². The predicted molar refractivity (Wildman–Crippen MR) is 121 cm³/mol. The van der Waals surface area contributed by atoms with Crippen LogP contribution in [0.2, 0.25) is 0 Å². The van der Waals surface area contributed by atoms with E-state index in [2.05, 4.69) is 44.9 Å². The zero-order chi connectivity index (χ0) is 17.6. The molecule has 0 amide bonds. The van der Waals surface area contributed by atoms with Gasteiger partial charge in [0.25, 0.3) is 0 Å². The van der Waals surface area contributed by atoms with Crippen LogP contribution in [-0.2, 0) is 4.74 Å². The minimum absolute atomic E-state index is 0. The first-order valence-electron chi connectivity index (χ1n) is 9.49. The minimum atomic E-state index is 0. The smallest absolute Gasteiger partial charge is 0.191 e. The van der Waals surface area contributed by atoms with E-state index in [1.165, 1.54) is 5.69 Å². The molecule has 2 rings (SSSR count). The number of nitrogens with one attached hydrogen (secondary N) is 3. The van der Waals surface area contributed by atoms with E-state index in [1.54, 1.807) is 0 Å². The van der Waals surface area contributed by atoms with Crippen molar-refractivity contribution in [1.82, 2.24) is 15.5 Å². The van der Waals surface area contributed by atoms with Crippen LogP contribution in [-0.4, -0.2) is 69.9 Å². The number of ether oxygens (including phenoxy) is 1. The van der Waals surface area contributed by atoms with E-state index < -0.39 is 0 Å². The normalized spacial score (nSPS) is 15.2. The molecule has 1 aliphatic rings. The van der Waals surface area contributed by atoms with Crippen LogP contribution in [0.5, 0.6) is 0 Å². The average Bonchev–Trinajstić information content (AvgIpc) is 2.66. The van der Waals surface area contributed by atoms with Gasteiger partial charge in [-0.3, -0.25) is 9.89 Å². The number of halogens is 1. The molecule has 0 unspecified atom stereocenters. The van der Waals surface area contributed by atoms with E-state index in [0.717, 1.165) is 77.8 Å². The number of hydrogen-bond acceptors (Lipinski definition) is 4. The van der Waals surface area contributed by atoms with Crippen LogP contribution in [0.25, 0.3) is 0 Å². The van der Waals surface area contributed by atoms with Crippen molar-refractivity contribution >= 4 is 35.6 Å². The molecule has 1 aromatic rings. The third-order valence-electron chi connectivity index (χ3n) is 4.10. The summed E-state index contributed by atoms with van der Waals surface area (Å²) in [5.41, 5.74) is 1.17. The summed E-state index contributed by atoms with van der Waals surface area (Å²) < 4.78 is 5.38. The molecule has 26 heavy (non-hydrogen) atoms. The molecule has 0 aliphatic carbocycles. The standard InChI is InChI=1S/C19H33N5O.HI/c1-2-20-19(23-12-7-13-24-14-16-25-17-15-24)22-11-6-10-21-18-8-4-3-5-9-18;/h3-5,8-9,21H,2,6-7,10-17H2,1H3,(H2,20,22,23);1H. The van der Waals surface area contributed by atoms with Gasteiger partial charge in [-0.1, -0.05) is 18.2 Å². The number of benzene rings is 1. The molecule has 1 fully saturated rings. The first-order chi connectivity index (χ1) is 12.4. The summed E-state index contributed by atoms with van der Waals surface area (Å²) in [6.07, 6.45) is 2.14. The molecule has 0 aromatic heterocycles. The van der Waals surface area contributed by atoms with Gasteiger partial charge in [-0.05, 0) is 38.4 Å². The predicted octanol–water partition coefficient (Wildman–Crippen LogP) is 2.38. The molecule has 1 heterocycles. The van der Waals surface area contributed by atoms with Crippen molar-refractivity contribution in [3.63, 3.8) is 0 Å². The lowest BCUT2D eigenvalue weighted by Crippen LogP contribution is -2.40. The number of anilines is 1. The zero-order valence-electron chi connectivity index (χ0n) is 15.9. The lowest BCUT2D eigenvalue weighted by Gasteiger charge is -2.26. The van der Waals surface area contributed by atoms with Gasteiger partial charge in [0.05, 0.1) is 13.2 Å². The summed E-state index contributed by atoms with van der Waals surface area (Å²) in [5.74, 6) is 0.921. The molecule has 0 spiro atoms. The van der Waals surface area contributed by atoms with Crippen molar-refractivity contribution < 1.29 is 4.74 Å². The van der Waals surface area contributed by atoms with Gasteiger partial charge < -0.3 is 20.7 Å². The highest BCUT2D eigenvalue weighted by Gasteiger charge is 2.09. The molecular formula is C19H34IN5O. The van der Waals surface area contributed by atoms with E-state index in [4.69, 9.17) is 4.74 Å². The first-order valence-corrected chi connectivity index (χ1v) is 9.49. The molecule has 1 saturated heterocycles. The molecule has 7 heteroatoms. The molecule has 6 nitrogen and oxygen atoms in total. The number of rotatable bonds is 10. The van der Waals surface area contributed by atoms with Crippen LogP contribution in [0, 0.1) is 0 Å². The fourth-order valence-corrected chi connectivity index (χ4v) is 2.73. The maximum absolute atomic E-state index is 5.38. The van der Waals surface area contributed by atoms with Gasteiger partial charge in [0.1, 0.15) is 0 Å². The highest BCUT2D eigenvalue weighted by molar-refractivity contribution is 14.0. The Morgan fingerprint density at radius 3 is 2.58 bits per heavy atom. The Bertz CT molecular complexity index is 480. The topological polar surface area (TPSA) is 60.9 Å². The molecule has 148 valence electrons. The highest BCUT2D eigenvalue weighted by atomic mass is 127. The molecule has 0 radical (unpaired) electrons. The largest absolute Gasteiger partial charge is 0.385 e. The minimum Gasteiger partial charge on any atom is -0.385 e. The van der Waals surface area contributed by atoms with E-state index in [9.17, 15) is 0 Å². The number of guanidine groups is 1. The number of aliphatic imine (C=N–C) groups is 1. The Morgan fingerprint density at radius 1 is 1.08 bits per heavy atom. The Kier molecular flexibility index (Phi) is 13.3. The first kappa shape index (κ1) is 23.0. The number of nitrogens with zero attached hydrogens (tertiary/aromatic N) is 2. The van der Waals surface area contributed by atoms with E-state index in [0.29, 0.717) is 0 Å². The molecule has 0 atom stereocenters. The van der Waals surface area contributed by atoms with Gasteiger partial charge in [-0.15, -0.1) is 24.0 Å². The van der Waals surface area contributed by atoms with Crippen LogP contribution >= 0.6 is 24.0 Å². The Balaban J connectivity index is 0.00000338. The monoisotopic (exact) mass is 475 g/mol. The van der Waals surface area contributed by atoms with Crippen LogP contribution in [0.15, 0.2) is 35.3 Å². The lowest BCUT2D eigenvalue weighted by atomic mass is 10.3. The summed E-state index contributed by atoms with van der Waals surface area (Å²) in [4.78, 5) is 7.11. The maximum atomic E-state index is 5.38. The van der Waals surface area contributed by atoms with E-state index in [1.807, 2.05) is 18.2 Å². The summed E-state index contributed by atoms with van der Waals surface area (Å²) in [5, 5.41) is 10.2. The SMILES string of the molecule is CCNC(=NCCCNc1ccccc1)NCCCN1CCOCC1.I. The third kappa shape index (κ3) is 10.2. The number of para-hydroxylation sites is 1. The molecule has 1 aliphatic heterocycles. The van der Waals surface area contributed by atoms with Gasteiger partial charge in [-0.25, -0.2) is 0 Å². The molecule has 0 bridgehead atoms. The highest BCUT2D eigenvalue weighted by Crippen LogP contribution is 2.04. The van der Waals surface area contributed by atoms with E-state index >= 15 is 0 Å². The average molecular weight is 475 g/mol. The van der Waals surface area contributed by atoms with Crippen molar-refractivity contribution in [2.24, 2.45) is 4.99 Å². The molecule has 3 N–H and O–H groups in total. The summed E-state index contributed by atoms with van der Waals surface area (Å²) in [7, 11) is 0. The summed E-state index contributed by atoms with van der Waals surface area (Å²) in [6.45, 7) is 10.7. The van der Waals surface area contributed by atoms with Crippen LogP contribution < -0.4 is 16.0 Å². The van der Waals surface area contributed by atoms with Crippen molar-refractivity contribution in [2.75, 3.05) is 64.3 Å². The Hall–Kier alpha value is -1.06. The van der Waals surface area contributed by atoms with Crippen molar-refractivity contribution in [2.45, 2.75) is 19.8 Å². The molecular weight excluding hydrogens is 441 g/mol. The van der Waals surface area contributed by atoms with Gasteiger partial charge in [0.15, 0.2) is 5.96 Å². The summed E-state index contributed by atoms with van der Waals surface area (Å²) >= 11 is 0. The van der Waals surface area contributed by atoms with E-state index in [-0.39, 0.29) is 24.0 Å². The second-order valence-electron chi connectivity index (χ2n) is 6.14. The third-order valence-corrected chi connectivity index (χ3v) is 4.10.